The predicted molar refractivity (Wildman–Crippen MR) is 250 cm³/mol. The first-order chi connectivity index (χ1) is 28.9. The molecule has 10 heterocycles. The van der Waals surface area contributed by atoms with Crippen LogP contribution in [0.15, 0.2) is 144 Å². The summed E-state index contributed by atoms with van der Waals surface area (Å²) in [5, 5.41) is 24.8. The Bertz CT molecular complexity index is 1700. The smallest absolute Gasteiger partial charge is 0.190 e. The van der Waals surface area contributed by atoms with Crippen molar-refractivity contribution in [2.24, 2.45) is 4.99 Å². The highest BCUT2D eigenvalue weighted by Gasteiger charge is 1.86. The molecule has 13 nitrogen and oxygen atoms in total. The molecule has 0 saturated carbocycles. The van der Waals surface area contributed by atoms with E-state index in [1.54, 1.807) is 114 Å². The standard InChI is InChI=1S/C5H7N.2C5H6S.C4H6N2.3C4H5NO.2C4H5NS.C3H4N2S/c3*1-5-3-2-4-6-5;1-4-2-3-5-6-4;1-4-5-2-3-6-4;1-4-2-3-6-5-4;1-4-2-3-5-6-4;2*1-4-5-2-3-6-4;1-3-4-2-5-6-3/h3-4H,2H2,1H3;2*2-4H,1H3;2-3H,1H3,(H,5,6);5*2-3H,1H3;2H,1H3. The number of rotatable bonds is 0. The van der Waals surface area contributed by atoms with Crippen LogP contribution in [0, 0.1) is 62.3 Å². The van der Waals surface area contributed by atoms with E-state index in [4.69, 9.17) is 4.42 Å². The molecule has 0 atom stereocenters. The molecule has 0 fully saturated rings. The molecule has 18 heteroatoms. The van der Waals surface area contributed by atoms with E-state index in [1.807, 2.05) is 71.5 Å². The third-order valence-corrected chi connectivity index (χ3v) is 9.63. The van der Waals surface area contributed by atoms with Gasteiger partial charge in [0.05, 0.1) is 28.1 Å². The first-order valence-electron chi connectivity index (χ1n) is 18.2. The summed E-state index contributed by atoms with van der Waals surface area (Å²) in [5.41, 5.74) is 3.18. The van der Waals surface area contributed by atoms with Crippen molar-refractivity contribution in [3.63, 3.8) is 0 Å². The summed E-state index contributed by atoms with van der Waals surface area (Å²) in [7, 11) is 0. The maximum atomic E-state index is 4.72. The van der Waals surface area contributed by atoms with Crippen LogP contribution < -0.4 is 0 Å². The Balaban J connectivity index is 0.000000333. The van der Waals surface area contributed by atoms with Crippen LogP contribution in [0.25, 0.3) is 0 Å². The molecule has 1 aliphatic rings. The minimum absolute atomic E-state index is 0.718. The monoisotopic (exact) mass is 906 g/mol. The summed E-state index contributed by atoms with van der Waals surface area (Å²) >= 11 is 8.31. The molecule has 0 bridgehead atoms. The van der Waals surface area contributed by atoms with E-state index in [9.17, 15) is 0 Å². The van der Waals surface area contributed by atoms with E-state index in [-0.39, 0.29) is 0 Å². The van der Waals surface area contributed by atoms with Crippen molar-refractivity contribution >= 4 is 63.1 Å². The number of hydrogen-bond donors (Lipinski definition) is 1. The Labute approximate surface area is 373 Å². The van der Waals surface area contributed by atoms with Crippen LogP contribution in [0.5, 0.6) is 0 Å². The fraction of sp³-hybridized carbons (Fsp3) is 0.262. The predicted octanol–water partition coefficient (Wildman–Crippen LogP) is 12.9. The third-order valence-electron chi connectivity index (χ3n) is 6.05. The number of thiophene rings is 2. The molecule has 60 heavy (non-hydrogen) atoms. The first kappa shape index (κ1) is 52.5. The second-order valence-corrected chi connectivity index (χ2v) is 16.9. The number of H-pyrrole nitrogens is 1. The largest absolute Gasteiger partial charge is 0.449 e. The van der Waals surface area contributed by atoms with Gasteiger partial charge in [0.25, 0.3) is 0 Å². The lowest BCUT2D eigenvalue weighted by Crippen LogP contribution is -1.65. The van der Waals surface area contributed by atoms with Crippen molar-refractivity contribution in [3.8, 4) is 0 Å². The average Bonchev–Trinajstić information content (AvgIpc) is 4.06. The van der Waals surface area contributed by atoms with Gasteiger partial charge in [0.2, 0.25) is 0 Å². The SMILES string of the molecule is CC1=CCC=N1.Cc1cccs1.Cc1cccs1.Cc1ccn[nH]1.Cc1ccno1.Cc1ccon1.Cc1ncco1.Cc1nccs1.Cc1nccs1.Cc1ncns1. The lowest BCUT2D eigenvalue weighted by molar-refractivity contribution is 0.397. The second kappa shape index (κ2) is 35.4. The molecular weight excluding hydrogens is 853 g/mol. The molecular formula is C42H54N10O3S5. The summed E-state index contributed by atoms with van der Waals surface area (Å²) in [6, 6.07) is 13.8. The van der Waals surface area contributed by atoms with Gasteiger partial charge in [-0.25, -0.2) is 9.97 Å². The zero-order valence-corrected chi connectivity index (χ0v) is 39.7. The molecule has 1 aliphatic heterocycles. The van der Waals surface area contributed by atoms with Crippen molar-refractivity contribution in [2.45, 2.75) is 75.7 Å². The summed E-state index contributed by atoms with van der Waals surface area (Å²) in [5.74, 6) is 1.57. The molecule has 9 aromatic rings. The average molecular weight is 907 g/mol. The molecule has 1 N–H and O–H groups in total. The van der Waals surface area contributed by atoms with E-state index in [0.29, 0.717) is 0 Å². The van der Waals surface area contributed by atoms with Crippen LogP contribution in [0.3, 0.4) is 0 Å². The Morgan fingerprint density at radius 1 is 0.617 bits per heavy atom. The van der Waals surface area contributed by atoms with E-state index >= 15 is 0 Å². The molecule has 320 valence electrons. The number of aromatic amines is 1. The number of aromatic nitrogens is 9. The van der Waals surface area contributed by atoms with Crippen LogP contribution in [0.4, 0.5) is 0 Å². The van der Waals surface area contributed by atoms with Gasteiger partial charge in [-0.3, -0.25) is 20.1 Å². The van der Waals surface area contributed by atoms with Gasteiger partial charge in [-0.15, -0.1) is 45.3 Å². The normalized spacial score (nSPS) is 9.80. The van der Waals surface area contributed by atoms with E-state index in [2.05, 4.69) is 114 Å². The number of aryl methyl sites for hydroxylation is 9. The van der Waals surface area contributed by atoms with Crippen LogP contribution in [0.1, 0.15) is 61.2 Å². The number of allylic oxidation sites excluding steroid dienone is 2. The third kappa shape index (κ3) is 33.4. The van der Waals surface area contributed by atoms with Crippen LogP contribution >= 0.6 is 56.9 Å². The molecule has 10 rings (SSSR count). The summed E-state index contributed by atoms with van der Waals surface area (Å²) in [6.45, 7) is 19.6. The molecule has 0 unspecified atom stereocenters. The van der Waals surface area contributed by atoms with Gasteiger partial charge in [0.15, 0.2) is 5.89 Å². The zero-order valence-electron chi connectivity index (χ0n) is 35.6. The van der Waals surface area contributed by atoms with Gasteiger partial charge >= 0.3 is 0 Å². The maximum absolute atomic E-state index is 4.72. The fourth-order valence-electron chi connectivity index (χ4n) is 3.18. The highest BCUT2D eigenvalue weighted by Crippen LogP contribution is 2.05. The van der Waals surface area contributed by atoms with Crippen LogP contribution in [-0.4, -0.2) is 51.0 Å². The van der Waals surface area contributed by atoms with Gasteiger partial charge in [0, 0.05) is 82.2 Å². The lowest BCUT2D eigenvalue weighted by Gasteiger charge is -1.72. The van der Waals surface area contributed by atoms with Gasteiger partial charge in [-0.05, 0) is 103 Å². The topological polar surface area (TPSA) is 171 Å². The Morgan fingerprint density at radius 2 is 1.28 bits per heavy atom. The highest BCUT2D eigenvalue weighted by molar-refractivity contribution is 7.10. The quantitative estimate of drug-likeness (QED) is 0.154. The number of nitrogens with one attached hydrogen (secondary N) is 1. The minimum atomic E-state index is 0.718. The van der Waals surface area contributed by atoms with E-state index in [0.717, 1.165) is 50.2 Å². The fourth-order valence-corrected chi connectivity index (χ4v) is 5.46. The molecule has 0 aliphatic carbocycles. The molecule has 0 amide bonds. The van der Waals surface area contributed by atoms with Gasteiger partial charge in [0.1, 0.15) is 29.6 Å². The molecule has 0 spiro atoms. The summed E-state index contributed by atoms with van der Waals surface area (Å²) in [6.07, 6.45) is 18.3. The van der Waals surface area contributed by atoms with E-state index in [1.165, 1.54) is 21.3 Å². The Kier molecular flexibility index (Phi) is 31.0. The highest BCUT2D eigenvalue weighted by atomic mass is 32.1. The Morgan fingerprint density at radius 3 is 1.42 bits per heavy atom. The van der Waals surface area contributed by atoms with E-state index < -0.39 is 0 Å². The van der Waals surface area contributed by atoms with Gasteiger partial charge in [-0.1, -0.05) is 28.5 Å². The second-order valence-electron chi connectivity index (χ2n) is 11.5. The molecule has 9 aromatic heterocycles. The first-order valence-corrected chi connectivity index (χ1v) is 22.4. The Hall–Kier alpha value is -5.53. The number of aliphatic imine (C=N–C) groups is 1. The van der Waals surface area contributed by atoms with Gasteiger partial charge in [-0.2, -0.15) is 9.47 Å². The van der Waals surface area contributed by atoms with Crippen molar-refractivity contribution in [1.82, 2.24) is 44.8 Å². The van der Waals surface area contributed by atoms with Crippen molar-refractivity contribution in [3.05, 3.63) is 173 Å². The lowest BCUT2D eigenvalue weighted by atomic mass is 10.4. The summed E-state index contributed by atoms with van der Waals surface area (Å²) < 4.78 is 17.5. The van der Waals surface area contributed by atoms with Gasteiger partial charge < -0.3 is 13.5 Å². The molecule has 0 aromatic carbocycles. The molecule has 0 radical (unpaired) electrons. The number of nitrogens with zero attached hydrogens (tertiary/aromatic N) is 9. The number of hydrogen-bond acceptors (Lipinski definition) is 17. The van der Waals surface area contributed by atoms with Crippen molar-refractivity contribution < 1.29 is 13.5 Å². The number of thiazole rings is 2. The van der Waals surface area contributed by atoms with Crippen LogP contribution in [-0.2, 0) is 0 Å². The van der Waals surface area contributed by atoms with Crippen molar-refractivity contribution in [1.29, 1.82) is 0 Å². The molecule has 0 saturated heterocycles. The minimum Gasteiger partial charge on any atom is -0.449 e. The number of oxazole rings is 1. The van der Waals surface area contributed by atoms with Crippen molar-refractivity contribution in [2.75, 3.05) is 0 Å². The zero-order chi connectivity index (χ0) is 44.1. The maximum Gasteiger partial charge on any atom is 0.190 e. The van der Waals surface area contributed by atoms with Crippen LogP contribution in [0.2, 0.25) is 0 Å². The summed E-state index contributed by atoms with van der Waals surface area (Å²) in [4.78, 5) is 22.2.